The number of carbonyl (C=O) groups excluding carboxylic acids is 1. The number of benzene rings is 1. The van der Waals surface area contributed by atoms with Crippen molar-refractivity contribution >= 4 is 5.78 Å². The molecule has 0 radical (unpaired) electrons. The smallest absolute Gasteiger partial charge is 0.210 e. The van der Waals surface area contributed by atoms with Crippen LogP contribution in [0.2, 0.25) is 0 Å². The van der Waals surface area contributed by atoms with E-state index in [0.717, 1.165) is 24.3 Å². The minimum absolute atomic E-state index is 0.139. The number of para-hydroxylation sites is 1. The summed E-state index contributed by atoms with van der Waals surface area (Å²) in [6, 6.07) is 7.54. The molecule has 4 heteroatoms. The molecule has 3 aliphatic rings. The summed E-state index contributed by atoms with van der Waals surface area (Å²) < 4.78 is 6.01. The molecule has 4 nitrogen and oxygen atoms in total. The minimum Gasteiger partial charge on any atom is -0.478 e. The van der Waals surface area contributed by atoms with Crippen molar-refractivity contribution in [1.29, 1.82) is 0 Å². The molecule has 18 heavy (non-hydrogen) atoms. The van der Waals surface area contributed by atoms with Crippen molar-refractivity contribution < 1.29 is 9.53 Å². The maximum absolute atomic E-state index is 12.6. The quantitative estimate of drug-likeness (QED) is 0.722. The lowest BCUT2D eigenvalue weighted by atomic mass is 9.78. The third-order valence-electron chi connectivity index (χ3n) is 4.10. The number of carbonyl (C=O) groups is 1. The van der Waals surface area contributed by atoms with Crippen molar-refractivity contribution in [3.63, 3.8) is 0 Å². The lowest BCUT2D eigenvalue weighted by molar-refractivity contribution is 0.0464. The van der Waals surface area contributed by atoms with E-state index in [-0.39, 0.29) is 5.78 Å². The summed E-state index contributed by atoms with van der Waals surface area (Å²) in [5, 5.41) is 0. The summed E-state index contributed by atoms with van der Waals surface area (Å²) in [6.07, 6.45) is 3.51. The average molecular weight is 242 g/mol. The van der Waals surface area contributed by atoms with Crippen LogP contribution in [0.25, 0.3) is 0 Å². The Morgan fingerprint density at radius 1 is 1.33 bits per heavy atom. The van der Waals surface area contributed by atoms with Gasteiger partial charge in [0.25, 0.3) is 0 Å². The number of nitrogens with one attached hydrogen (secondary N) is 2. The number of hydrogen-bond donors (Lipinski definition) is 2. The Balaban J connectivity index is 1.74. The van der Waals surface area contributed by atoms with E-state index in [2.05, 4.69) is 16.9 Å². The number of hydrogen-bond acceptors (Lipinski definition) is 4. The molecule has 2 aliphatic heterocycles. The van der Waals surface area contributed by atoms with Crippen LogP contribution in [0.1, 0.15) is 23.2 Å². The van der Waals surface area contributed by atoms with E-state index in [9.17, 15) is 4.79 Å². The monoisotopic (exact) mass is 242 g/mol. The van der Waals surface area contributed by atoms with Gasteiger partial charge in [-0.1, -0.05) is 18.2 Å². The minimum atomic E-state index is -0.661. The Kier molecular flexibility index (Phi) is 1.89. The number of ketones is 1. The summed E-state index contributed by atoms with van der Waals surface area (Å²) >= 11 is 0. The normalized spacial score (nSPS) is 32.6. The second kappa shape index (κ2) is 3.36. The molecule has 1 saturated heterocycles. The Labute approximate surface area is 105 Å². The molecule has 0 saturated carbocycles. The Morgan fingerprint density at radius 3 is 3.11 bits per heavy atom. The molecule has 2 atom stereocenters. The van der Waals surface area contributed by atoms with Crippen LogP contribution in [0.15, 0.2) is 36.0 Å². The highest BCUT2D eigenvalue weighted by atomic mass is 16.5. The fourth-order valence-corrected chi connectivity index (χ4v) is 3.16. The number of fused-ring (bicyclic) bond motifs is 2. The highest BCUT2D eigenvalue weighted by Gasteiger charge is 2.51. The fraction of sp³-hybridized carbons (Fsp3) is 0.357. The predicted molar refractivity (Wildman–Crippen MR) is 66.1 cm³/mol. The Hall–Kier alpha value is -1.81. The van der Waals surface area contributed by atoms with Crippen LogP contribution < -0.4 is 15.6 Å². The largest absolute Gasteiger partial charge is 0.478 e. The Bertz CT molecular complexity index is 567. The molecule has 2 N–H and O–H groups in total. The van der Waals surface area contributed by atoms with Crippen LogP contribution in [-0.4, -0.2) is 17.9 Å². The molecule has 0 bridgehead atoms. The zero-order valence-corrected chi connectivity index (χ0v) is 9.90. The highest BCUT2D eigenvalue weighted by Crippen LogP contribution is 2.44. The van der Waals surface area contributed by atoms with Crippen LogP contribution in [0.5, 0.6) is 5.75 Å². The topological polar surface area (TPSA) is 50.4 Å². The standard InChI is InChI=1S/C14H14N2O2/c17-13-10-3-1-2-4-12(10)18-14(13)6-5-11-9(7-14)8-15-16-11/h1-5,9,15-16H,6-8H2. The van der Waals surface area contributed by atoms with Crippen LogP contribution in [0.4, 0.5) is 0 Å². The molecular weight excluding hydrogens is 228 g/mol. The SMILES string of the molecule is O=C1c2ccccc2OC12CC=C1NNCC1C2. The lowest BCUT2D eigenvalue weighted by Gasteiger charge is -2.32. The molecule has 0 aromatic heterocycles. The average Bonchev–Trinajstić information content (AvgIpc) is 2.95. The number of rotatable bonds is 0. The van der Waals surface area contributed by atoms with Crippen molar-refractivity contribution in [2.45, 2.75) is 18.4 Å². The van der Waals surface area contributed by atoms with Gasteiger partial charge >= 0.3 is 0 Å². The summed E-state index contributed by atoms with van der Waals surface area (Å²) in [5.74, 6) is 1.23. The van der Waals surface area contributed by atoms with Gasteiger partial charge in [-0.05, 0) is 12.1 Å². The maximum Gasteiger partial charge on any atom is 0.210 e. The van der Waals surface area contributed by atoms with E-state index < -0.39 is 5.60 Å². The number of Topliss-reactive ketones (excluding diaryl/α,β-unsaturated/α-hetero) is 1. The molecule has 4 rings (SSSR count). The molecule has 2 heterocycles. The van der Waals surface area contributed by atoms with Crippen LogP contribution >= 0.6 is 0 Å². The van der Waals surface area contributed by atoms with Gasteiger partial charge in [0.05, 0.1) is 5.56 Å². The summed E-state index contributed by atoms with van der Waals surface area (Å²) in [4.78, 5) is 12.6. The third-order valence-corrected chi connectivity index (χ3v) is 4.10. The fourth-order valence-electron chi connectivity index (χ4n) is 3.16. The second-order valence-electron chi connectivity index (χ2n) is 5.19. The second-order valence-corrected chi connectivity index (χ2v) is 5.19. The predicted octanol–water partition coefficient (Wildman–Crippen LogP) is 1.40. The molecule has 2 unspecified atom stereocenters. The van der Waals surface area contributed by atoms with Gasteiger partial charge in [-0.15, -0.1) is 0 Å². The van der Waals surface area contributed by atoms with E-state index in [0.29, 0.717) is 12.3 Å². The van der Waals surface area contributed by atoms with E-state index in [1.54, 1.807) is 0 Å². The zero-order chi connectivity index (χ0) is 12.2. The van der Waals surface area contributed by atoms with Gasteiger partial charge < -0.3 is 10.2 Å². The van der Waals surface area contributed by atoms with Crippen LogP contribution in [0, 0.1) is 5.92 Å². The molecule has 1 aromatic rings. The Morgan fingerprint density at radius 2 is 2.22 bits per heavy atom. The van der Waals surface area contributed by atoms with E-state index >= 15 is 0 Å². The first-order chi connectivity index (χ1) is 8.78. The van der Waals surface area contributed by atoms with Gasteiger partial charge in [-0.3, -0.25) is 4.79 Å². The zero-order valence-electron chi connectivity index (χ0n) is 9.90. The first-order valence-corrected chi connectivity index (χ1v) is 6.30. The van der Waals surface area contributed by atoms with Gasteiger partial charge in [0, 0.05) is 31.0 Å². The van der Waals surface area contributed by atoms with Crippen LogP contribution in [0.3, 0.4) is 0 Å². The third kappa shape index (κ3) is 1.21. The summed E-state index contributed by atoms with van der Waals surface area (Å²) in [7, 11) is 0. The number of ether oxygens (including phenoxy) is 1. The van der Waals surface area contributed by atoms with Gasteiger partial charge in [-0.2, -0.15) is 0 Å². The lowest BCUT2D eigenvalue weighted by Crippen LogP contribution is -2.44. The summed E-state index contributed by atoms with van der Waals surface area (Å²) in [6.45, 7) is 0.862. The first kappa shape index (κ1) is 10.1. The first-order valence-electron chi connectivity index (χ1n) is 6.30. The highest BCUT2D eigenvalue weighted by molar-refractivity contribution is 6.07. The molecule has 1 spiro atoms. The molecule has 1 fully saturated rings. The van der Waals surface area contributed by atoms with Crippen molar-refractivity contribution in [1.82, 2.24) is 10.9 Å². The summed E-state index contributed by atoms with van der Waals surface area (Å²) in [5.41, 5.74) is 7.54. The molecule has 92 valence electrons. The van der Waals surface area contributed by atoms with E-state index in [4.69, 9.17) is 4.74 Å². The van der Waals surface area contributed by atoms with Crippen molar-refractivity contribution in [3.05, 3.63) is 41.6 Å². The molecule has 0 amide bonds. The van der Waals surface area contributed by atoms with Gasteiger partial charge in [0.15, 0.2) is 5.60 Å². The van der Waals surface area contributed by atoms with Crippen molar-refractivity contribution in [2.75, 3.05) is 6.54 Å². The van der Waals surface area contributed by atoms with Gasteiger partial charge in [0.2, 0.25) is 5.78 Å². The van der Waals surface area contributed by atoms with E-state index in [1.165, 1.54) is 5.70 Å². The van der Waals surface area contributed by atoms with Crippen LogP contribution in [-0.2, 0) is 0 Å². The molecule has 1 aromatic carbocycles. The molecular formula is C14H14N2O2. The number of hydrazine groups is 1. The molecule has 1 aliphatic carbocycles. The van der Waals surface area contributed by atoms with Crippen molar-refractivity contribution in [2.24, 2.45) is 5.92 Å². The van der Waals surface area contributed by atoms with Gasteiger partial charge in [-0.25, -0.2) is 5.43 Å². The maximum atomic E-state index is 12.6. The van der Waals surface area contributed by atoms with E-state index in [1.807, 2.05) is 24.3 Å². The van der Waals surface area contributed by atoms with Gasteiger partial charge in [0.1, 0.15) is 5.75 Å². The van der Waals surface area contributed by atoms with Crippen molar-refractivity contribution in [3.8, 4) is 5.75 Å².